The van der Waals surface area contributed by atoms with Gasteiger partial charge in [-0.1, -0.05) is 24.0 Å². The summed E-state index contributed by atoms with van der Waals surface area (Å²) in [5.74, 6) is 6.64. The normalized spacial score (nSPS) is 8.92. The molecule has 0 aliphatic rings. The number of aryl methyl sites for hydroxylation is 2. The van der Waals surface area contributed by atoms with Gasteiger partial charge < -0.3 is 0 Å². The lowest BCUT2D eigenvalue weighted by Crippen LogP contribution is -1.83. The molecule has 0 aromatic heterocycles. The average molecular weight is 176 g/mol. The van der Waals surface area contributed by atoms with Crippen LogP contribution in [0, 0.1) is 25.7 Å². The van der Waals surface area contributed by atoms with E-state index in [4.69, 9.17) is 0 Å². The maximum Gasteiger partial charge on any atom is 0.0521 e. The van der Waals surface area contributed by atoms with E-state index in [1.54, 1.807) is 0 Å². The lowest BCUT2D eigenvalue weighted by molar-refractivity contribution is 1.37. The van der Waals surface area contributed by atoms with E-state index in [2.05, 4.69) is 56.5 Å². The number of rotatable bonds is 0. The minimum atomic E-state index is 0.618. The third-order valence-electron chi connectivity index (χ3n) is 1.70. The zero-order valence-electron chi connectivity index (χ0n) is 7.39. The Hall–Kier alpha value is -0.870. The summed E-state index contributed by atoms with van der Waals surface area (Å²) in [4.78, 5) is 0. The van der Waals surface area contributed by atoms with Crippen molar-refractivity contribution in [1.82, 2.24) is 0 Å². The summed E-state index contributed by atoms with van der Waals surface area (Å²) >= 11 is 4.04. The zero-order valence-corrected chi connectivity index (χ0v) is 8.28. The predicted octanol–water partition coefficient (Wildman–Crippen LogP) is 2.58. The van der Waals surface area contributed by atoms with Crippen molar-refractivity contribution >= 4 is 12.6 Å². The van der Waals surface area contributed by atoms with E-state index >= 15 is 0 Å². The van der Waals surface area contributed by atoms with E-state index in [9.17, 15) is 0 Å². The van der Waals surface area contributed by atoms with Crippen LogP contribution in [0.2, 0.25) is 0 Å². The third-order valence-corrected chi connectivity index (χ3v) is 1.85. The van der Waals surface area contributed by atoms with Gasteiger partial charge in [0.25, 0.3) is 0 Å². The standard InChI is InChI=1S/C11H12S/c1-9-5-6-10(2)11(8-9)4-3-7-12/h5-6,8,12H,7H2,1-2H3. The predicted molar refractivity (Wildman–Crippen MR) is 56.6 cm³/mol. The van der Waals surface area contributed by atoms with Gasteiger partial charge >= 0.3 is 0 Å². The van der Waals surface area contributed by atoms with Gasteiger partial charge in [-0.3, -0.25) is 0 Å². The van der Waals surface area contributed by atoms with Gasteiger partial charge in [0.05, 0.1) is 5.75 Å². The van der Waals surface area contributed by atoms with Gasteiger partial charge in [0.1, 0.15) is 0 Å². The number of benzene rings is 1. The largest absolute Gasteiger partial charge is 0.166 e. The molecule has 0 spiro atoms. The highest BCUT2D eigenvalue weighted by Crippen LogP contribution is 2.08. The molecule has 0 saturated heterocycles. The summed E-state index contributed by atoms with van der Waals surface area (Å²) in [5, 5.41) is 0. The summed E-state index contributed by atoms with van der Waals surface area (Å²) in [6.07, 6.45) is 0. The third kappa shape index (κ3) is 2.32. The topological polar surface area (TPSA) is 0 Å². The van der Waals surface area contributed by atoms with E-state index in [-0.39, 0.29) is 0 Å². The van der Waals surface area contributed by atoms with E-state index in [0.717, 1.165) is 5.56 Å². The van der Waals surface area contributed by atoms with Crippen LogP contribution in [0.15, 0.2) is 18.2 Å². The molecule has 0 radical (unpaired) electrons. The Kier molecular flexibility index (Phi) is 3.25. The Morgan fingerprint density at radius 3 is 2.75 bits per heavy atom. The summed E-state index contributed by atoms with van der Waals surface area (Å²) in [6, 6.07) is 6.30. The number of hydrogen-bond donors (Lipinski definition) is 1. The quantitative estimate of drug-likeness (QED) is 0.456. The van der Waals surface area contributed by atoms with Crippen molar-refractivity contribution in [3.63, 3.8) is 0 Å². The molecule has 0 saturated carbocycles. The fraction of sp³-hybridized carbons (Fsp3) is 0.273. The molecule has 0 aliphatic heterocycles. The molecule has 1 aromatic carbocycles. The first-order valence-corrected chi connectivity index (χ1v) is 4.54. The van der Waals surface area contributed by atoms with Crippen molar-refractivity contribution in [3.05, 3.63) is 34.9 Å². The van der Waals surface area contributed by atoms with Crippen LogP contribution in [0.25, 0.3) is 0 Å². The van der Waals surface area contributed by atoms with E-state index < -0.39 is 0 Å². The van der Waals surface area contributed by atoms with Gasteiger partial charge in [0, 0.05) is 5.56 Å². The van der Waals surface area contributed by atoms with E-state index in [1.165, 1.54) is 11.1 Å². The van der Waals surface area contributed by atoms with Crippen LogP contribution in [0.1, 0.15) is 16.7 Å². The molecule has 1 aromatic rings. The minimum Gasteiger partial charge on any atom is -0.166 e. The van der Waals surface area contributed by atoms with Crippen molar-refractivity contribution in [2.75, 3.05) is 5.75 Å². The fourth-order valence-electron chi connectivity index (χ4n) is 1.01. The molecule has 0 aliphatic carbocycles. The van der Waals surface area contributed by atoms with Crippen LogP contribution in [0.3, 0.4) is 0 Å². The Morgan fingerprint density at radius 2 is 2.08 bits per heavy atom. The lowest BCUT2D eigenvalue weighted by atomic mass is 10.1. The molecule has 1 heteroatoms. The zero-order chi connectivity index (χ0) is 8.97. The Morgan fingerprint density at radius 1 is 1.33 bits per heavy atom. The minimum absolute atomic E-state index is 0.618. The van der Waals surface area contributed by atoms with Crippen LogP contribution < -0.4 is 0 Å². The molecule has 62 valence electrons. The Labute approximate surface area is 79.4 Å². The molecule has 0 unspecified atom stereocenters. The monoisotopic (exact) mass is 176 g/mol. The molecule has 0 nitrogen and oxygen atoms in total. The van der Waals surface area contributed by atoms with Gasteiger partial charge in [-0.2, -0.15) is 12.6 Å². The van der Waals surface area contributed by atoms with E-state index in [0.29, 0.717) is 5.75 Å². The first-order valence-electron chi connectivity index (χ1n) is 3.91. The summed E-state index contributed by atoms with van der Waals surface area (Å²) in [5.41, 5.74) is 3.60. The Bertz CT molecular complexity index is 329. The first kappa shape index (κ1) is 9.22. The maximum atomic E-state index is 4.04. The Balaban J connectivity index is 3.05. The second kappa shape index (κ2) is 4.23. The first-order chi connectivity index (χ1) is 5.74. The van der Waals surface area contributed by atoms with Crippen LogP contribution in [-0.4, -0.2) is 5.75 Å². The van der Waals surface area contributed by atoms with Crippen LogP contribution in [0.5, 0.6) is 0 Å². The summed E-state index contributed by atoms with van der Waals surface area (Å²) in [7, 11) is 0. The lowest BCUT2D eigenvalue weighted by Gasteiger charge is -1.98. The van der Waals surface area contributed by atoms with Crippen molar-refractivity contribution in [1.29, 1.82) is 0 Å². The van der Waals surface area contributed by atoms with Crippen molar-refractivity contribution in [2.24, 2.45) is 0 Å². The van der Waals surface area contributed by atoms with Gasteiger partial charge in [-0.05, 0) is 31.0 Å². The van der Waals surface area contributed by atoms with E-state index in [1.807, 2.05) is 0 Å². The molecular weight excluding hydrogens is 164 g/mol. The molecule has 12 heavy (non-hydrogen) atoms. The van der Waals surface area contributed by atoms with Gasteiger partial charge in [-0.25, -0.2) is 0 Å². The molecule has 0 atom stereocenters. The molecule has 0 bridgehead atoms. The maximum absolute atomic E-state index is 4.04. The molecule has 1 rings (SSSR count). The van der Waals surface area contributed by atoms with Gasteiger partial charge in [0.15, 0.2) is 0 Å². The van der Waals surface area contributed by atoms with Crippen molar-refractivity contribution < 1.29 is 0 Å². The molecule has 0 fully saturated rings. The number of thiol groups is 1. The highest BCUT2D eigenvalue weighted by atomic mass is 32.1. The van der Waals surface area contributed by atoms with Crippen molar-refractivity contribution in [3.8, 4) is 11.8 Å². The second-order valence-corrected chi connectivity index (χ2v) is 3.09. The number of hydrogen-bond acceptors (Lipinski definition) is 1. The van der Waals surface area contributed by atoms with Crippen LogP contribution in [0.4, 0.5) is 0 Å². The second-order valence-electron chi connectivity index (χ2n) is 2.78. The fourth-order valence-corrected chi connectivity index (χ4v) is 1.08. The highest BCUT2D eigenvalue weighted by molar-refractivity contribution is 7.80. The molecule has 0 heterocycles. The molecule has 0 N–H and O–H groups in total. The van der Waals surface area contributed by atoms with Gasteiger partial charge in [0.2, 0.25) is 0 Å². The SMILES string of the molecule is Cc1ccc(C)c(C#CCS)c1. The molecule has 0 amide bonds. The highest BCUT2D eigenvalue weighted by Gasteiger charge is 1.92. The summed E-state index contributed by atoms with van der Waals surface area (Å²) < 4.78 is 0. The molecular formula is C11H12S. The average Bonchev–Trinajstić information content (AvgIpc) is 2.07. The van der Waals surface area contributed by atoms with Crippen molar-refractivity contribution in [2.45, 2.75) is 13.8 Å². The smallest absolute Gasteiger partial charge is 0.0521 e. The van der Waals surface area contributed by atoms with Crippen LogP contribution >= 0.6 is 12.6 Å². The summed E-state index contributed by atoms with van der Waals surface area (Å²) in [6.45, 7) is 4.15. The van der Waals surface area contributed by atoms with Crippen LogP contribution in [-0.2, 0) is 0 Å². The van der Waals surface area contributed by atoms with Gasteiger partial charge in [-0.15, -0.1) is 0 Å².